The van der Waals surface area contributed by atoms with Gasteiger partial charge in [0.05, 0.1) is 24.9 Å². The average molecular weight is 407 g/mol. The molecule has 2 rings (SSSR count). The van der Waals surface area contributed by atoms with Gasteiger partial charge in [-0.05, 0) is 25.2 Å². The molecule has 0 aliphatic heterocycles. The largest absolute Gasteiger partial charge is 0.493 e. The van der Waals surface area contributed by atoms with Crippen molar-refractivity contribution in [2.24, 2.45) is 5.10 Å². The first kappa shape index (κ1) is 21.2. The fourth-order valence-corrected chi connectivity index (χ4v) is 2.54. The topological polar surface area (TPSA) is 125 Å². The molecule has 0 aliphatic rings. The second-order valence-corrected chi connectivity index (χ2v) is 7.14. The van der Waals surface area contributed by atoms with Crippen LogP contribution in [0.2, 0.25) is 0 Å². The van der Waals surface area contributed by atoms with E-state index in [9.17, 15) is 14.9 Å². The second kappa shape index (κ2) is 8.30. The highest BCUT2D eigenvalue weighted by molar-refractivity contribution is 7.71. The number of methoxy groups -OCH3 is 1. The molecule has 11 heteroatoms. The lowest BCUT2D eigenvalue weighted by atomic mass is 9.93. The molecule has 0 saturated heterocycles. The summed E-state index contributed by atoms with van der Waals surface area (Å²) in [5.74, 6) is 0.209. The number of aromatic nitrogens is 3. The maximum absolute atomic E-state index is 12.6. The second-order valence-electron chi connectivity index (χ2n) is 6.75. The van der Waals surface area contributed by atoms with Gasteiger partial charge in [0, 0.05) is 17.0 Å². The quantitative estimate of drug-likeness (QED) is 0.338. The standard InChI is InChI=1S/C17H21N5O5S/c1-6-27-13-11(22(24)25)7-10(8-12(13)26-5)9-18-21-15(23)14(17(2,3)4)19-20-16(21)28/h7-9H,6H2,1-5H3,(H,20,28)/b18-9-. The molecule has 0 bridgehead atoms. The summed E-state index contributed by atoms with van der Waals surface area (Å²) in [5.41, 5.74) is -0.671. The van der Waals surface area contributed by atoms with Gasteiger partial charge in [0.15, 0.2) is 5.75 Å². The Balaban J connectivity index is 2.59. The number of ether oxygens (including phenoxy) is 2. The monoisotopic (exact) mass is 407 g/mol. The Labute approximate surface area is 166 Å². The highest BCUT2D eigenvalue weighted by Crippen LogP contribution is 2.37. The Hall–Kier alpha value is -3.08. The normalized spacial score (nSPS) is 11.6. The summed E-state index contributed by atoms with van der Waals surface area (Å²) in [7, 11) is 1.38. The molecule has 10 nitrogen and oxygen atoms in total. The molecule has 28 heavy (non-hydrogen) atoms. The van der Waals surface area contributed by atoms with Crippen LogP contribution in [0.25, 0.3) is 0 Å². The summed E-state index contributed by atoms with van der Waals surface area (Å²) in [4.78, 5) is 23.5. The molecule has 1 N–H and O–H groups in total. The van der Waals surface area contributed by atoms with Gasteiger partial charge in [-0.3, -0.25) is 20.0 Å². The summed E-state index contributed by atoms with van der Waals surface area (Å²) >= 11 is 5.09. The van der Waals surface area contributed by atoms with Gasteiger partial charge in [-0.1, -0.05) is 20.8 Å². The van der Waals surface area contributed by atoms with Crippen molar-refractivity contribution in [1.82, 2.24) is 14.9 Å². The van der Waals surface area contributed by atoms with E-state index < -0.39 is 15.9 Å². The minimum Gasteiger partial charge on any atom is -0.493 e. The molecule has 2 aromatic rings. The first-order valence-corrected chi connectivity index (χ1v) is 8.76. The minimum absolute atomic E-state index is 0.00153. The van der Waals surface area contributed by atoms with Crippen LogP contribution in [0.4, 0.5) is 5.69 Å². The van der Waals surface area contributed by atoms with E-state index in [1.54, 1.807) is 6.92 Å². The van der Waals surface area contributed by atoms with Gasteiger partial charge in [0.1, 0.15) is 5.69 Å². The highest BCUT2D eigenvalue weighted by atomic mass is 32.1. The lowest BCUT2D eigenvalue weighted by Gasteiger charge is -2.16. The number of nitro groups is 1. The van der Waals surface area contributed by atoms with Gasteiger partial charge < -0.3 is 9.47 Å². The van der Waals surface area contributed by atoms with Crippen molar-refractivity contribution in [1.29, 1.82) is 0 Å². The average Bonchev–Trinajstić information content (AvgIpc) is 2.60. The van der Waals surface area contributed by atoms with E-state index in [2.05, 4.69) is 15.3 Å². The van der Waals surface area contributed by atoms with Crippen molar-refractivity contribution in [2.75, 3.05) is 13.7 Å². The van der Waals surface area contributed by atoms with E-state index in [-0.39, 0.29) is 34.3 Å². The molecule has 0 atom stereocenters. The number of H-pyrrole nitrogens is 1. The lowest BCUT2D eigenvalue weighted by Crippen LogP contribution is -2.32. The number of hydrogen-bond acceptors (Lipinski definition) is 8. The van der Waals surface area contributed by atoms with E-state index in [0.29, 0.717) is 5.56 Å². The van der Waals surface area contributed by atoms with Crippen molar-refractivity contribution in [2.45, 2.75) is 33.1 Å². The van der Waals surface area contributed by atoms with Crippen LogP contribution in [0.3, 0.4) is 0 Å². The van der Waals surface area contributed by atoms with E-state index in [1.807, 2.05) is 20.8 Å². The number of nitrogens with zero attached hydrogens (tertiary/aromatic N) is 4. The summed E-state index contributed by atoms with van der Waals surface area (Å²) in [5, 5.41) is 22.1. The van der Waals surface area contributed by atoms with Crippen molar-refractivity contribution in [3.05, 3.63) is 48.6 Å². The van der Waals surface area contributed by atoms with Gasteiger partial charge in [0.2, 0.25) is 10.5 Å². The molecule has 0 spiro atoms. The van der Waals surface area contributed by atoms with Crippen molar-refractivity contribution in [3.8, 4) is 11.5 Å². The predicted octanol–water partition coefficient (Wildman–Crippen LogP) is 2.80. The first-order valence-electron chi connectivity index (χ1n) is 8.36. The van der Waals surface area contributed by atoms with E-state index in [1.165, 1.54) is 25.5 Å². The predicted molar refractivity (Wildman–Crippen MR) is 106 cm³/mol. The fraction of sp³-hybridized carbons (Fsp3) is 0.412. The van der Waals surface area contributed by atoms with Crippen molar-refractivity contribution >= 4 is 24.1 Å². The molecule has 1 heterocycles. The third kappa shape index (κ3) is 4.42. The van der Waals surface area contributed by atoms with Gasteiger partial charge in [0.25, 0.3) is 5.56 Å². The molecule has 1 aromatic carbocycles. The summed E-state index contributed by atoms with van der Waals surface area (Å²) in [6.45, 7) is 7.46. The number of aromatic amines is 1. The molecule has 0 saturated carbocycles. The zero-order valence-electron chi connectivity index (χ0n) is 16.2. The Morgan fingerprint density at radius 1 is 1.43 bits per heavy atom. The number of benzene rings is 1. The van der Waals surface area contributed by atoms with Crippen LogP contribution in [0, 0.1) is 14.9 Å². The zero-order chi connectivity index (χ0) is 21.1. The summed E-state index contributed by atoms with van der Waals surface area (Å²) in [6.07, 6.45) is 1.28. The Morgan fingerprint density at radius 3 is 2.64 bits per heavy atom. The fourth-order valence-electron chi connectivity index (χ4n) is 2.37. The molecule has 0 fully saturated rings. The van der Waals surface area contributed by atoms with E-state index in [0.717, 1.165) is 4.68 Å². The van der Waals surface area contributed by atoms with Crippen LogP contribution in [-0.2, 0) is 5.41 Å². The summed E-state index contributed by atoms with van der Waals surface area (Å²) < 4.78 is 11.5. The van der Waals surface area contributed by atoms with E-state index >= 15 is 0 Å². The number of nitrogens with one attached hydrogen (secondary N) is 1. The van der Waals surface area contributed by atoms with Crippen LogP contribution < -0.4 is 15.0 Å². The Bertz CT molecular complexity index is 1040. The number of rotatable bonds is 6. The van der Waals surface area contributed by atoms with Crippen LogP contribution in [0.1, 0.15) is 39.0 Å². The minimum atomic E-state index is -0.576. The number of nitro benzene ring substituents is 1. The lowest BCUT2D eigenvalue weighted by molar-refractivity contribution is -0.385. The van der Waals surface area contributed by atoms with Crippen LogP contribution in [0.15, 0.2) is 22.0 Å². The molecule has 1 aromatic heterocycles. The highest BCUT2D eigenvalue weighted by Gasteiger charge is 2.23. The zero-order valence-corrected chi connectivity index (χ0v) is 17.0. The molecule has 0 radical (unpaired) electrons. The smallest absolute Gasteiger partial charge is 0.315 e. The van der Waals surface area contributed by atoms with Crippen molar-refractivity contribution < 1.29 is 14.4 Å². The summed E-state index contributed by atoms with van der Waals surface area (Å²) in [6, 6.07) is 2.80. The molecule has 0 amide bonds. The van der Waals surface area contributed by atoms with Gasteiger partial charge in [-0.25, -0.2) is 0 Å². The molecular weight excluding hydrogens is 386 g/mol. The van der Waals surface area contributed by atoms with Crippen LogP contribution in [0.5, 0.6) is 11.5 Å². The first-order chi connectivity index (χ1) is 13.1. The van der Waals surface area contributed by atoms with Gasteiger partial charge in [-0.15, -0.1) is 0 Å². The third-order valence-electron chi connectivity index (χ3n) is 3.65. The molecular formula is C17H21N5O5S. The Morgan fingerprint density at radius 2 is 2.11 bits per heavy atom. The maximum Gasteiger partial charge on any atom is 0.315 e. The molecule has 0 unspecified atom stereocenters. The molecule has 150 valence electrons. The molecule has 0 aliphatic carbocycles. The van der Waals surface area contributed by atoms with Gasteiger partial charge >= 0.3 is 5.69 Å². The maximum atomic E-state index is 12.6. The van der Waals surface area contributed by atoms with Crippen LogP contribution >= 0.6 is 12.2 Å². The van der Waals surface area contributed by atoms with E-state index in [4.69, 9.17) is 21.7 Å². The number of hydrogen-bond donors (Lipinski definition) is 1. The van der Waals surface area contributed by atoms with Crippen LogP contribution in [-0.4, -0.2) is 39.7 Å². The van der Waals surface area contributed by atoms with Gasteiger partial charge in [-0.2, -0.15) is 14.9 Å². The SMILES string of the molecule is CCOc1c(OC)cc(/C=N\n2c(=S)[nH]nc(C(C)(C)C)c2=O)cc1[N+](=O)[O-]. The van der Waals surface area contributed by atoms with Crippen molar-refractivity contribution in [3.63, 3.8) is 0 Å². The third-order valence-corrected chi connectivity index (χ3v) is 3.91. The Kier molecular flexibility index (Phi) is 6.29.